The van der Waals surface area contributed by atoms with Crippen molar-refractivity contribution >= 4 is 27.4 Å². The molecular weight excluding hydrogens is 495 g/mol. The summed E-state index contributed by atoms with van der Waals surface area (Å²) in [7, 11) is -3.54. The Balaban J connectivity index is 1.44. The first kappa shape index (κ1) is 25.9. The first-order chi connectivity index (χ1) is 17.7. The number of sulfonamides is 1. The standard InChI is InChI=1S/C27H25FN4O4S/c1-18-26(32-37(2,34)35)30-25(15-29-18)21-9-6-10-22(14-21)27(33)31-24-12-11-20(13-23(24)28)17-36-16-19-7-4-3-5-8-19/h3-15H,16-17H2,1-2H3,(H,30,32)(H,31,33). The van der Waals surface area contributed by atoms with Gasteiger partial charge in [0.25, 0.3) is 5.91 Å². The van der Waals surface area contributed by atoms with Gasteiger partial charge in [-0.3, -0.25) is 14.5 Å². The van der Waals surface area contributed by atoms with Crippen LogP contribution in [0.25, 0.3) is 11.3 Å². The molecule has 190 valence electrons. The molecule has 0 fully saturated rings. The summed E-state index contributed by atoms with van der Waals surface area (Å²) in [6, 6.07) is 20.7. The summed E-state index contributed by atoms with van der Waals surface area (Å²) in [4.78, 5) is 21.4. The fourth-order valence-electron chi connectivity index (χ4n) is 3.49. The van der Waals surface area contributed by atoms with E-state index in [0.29, 0.717) is 29.1 Å². The quantitative estimate of drug-likeness (QED) is 0.324. The van der Waals surface area contributed by atoms with Crippen molar-refractivity contribution in [3.05, 3.63) is 107 Å². The number of carbonyl (C=O) groups is 1. The summed E-state index contributed by atoms with van der Waals surface area (Å²) in [6.45, 7) is 2.27. The second-order valence-electron chi connectivity index (χ2n) is 8.39. The first-order valence-corrected chi connectivity index (χ1v) is 13.2. The zero-order valence-corrected chi connectivity index (χ0v) is 21.0. The molecule has 0 aliphatic carbocycles. The molecule has 0 saturated heterocycles. The number of ether oxygens (including phenoxy) is 1. The number of aryl methyl sites for hydroxylation is 1. The van der Waals surface area contributed by atoms with Gasteiger partial charge in [-0.2, -0.15) is 0 Å². The molecule has 0 bridgehead atoms. The number of hydrogen-bond donors (Lipinski definition) is 2. The Kier molecular flexibility index (Phi) is 7.90. The van der Waals surface area contributed by atoms with Crippen molar-refractivity contribution in [2.45, 2.75) is 20.1 Å². The van der Waals surface area contributed by atoms with E-state index in [1.165, 1.54) is 18.3 Å². The minimum Gasteiger partial charge on any atom is -0.372 e. The largest absolute Gasteiger partial charge is 0.372 e. The van der Waals surface area contributed by atoms with Crippen LogP contribution in [0.4, 0.5) is 15.9 Å². The van der Waals surface area contributed by atoms with Crippen molar-refractivity contribution in [2.75, 3.05) is 16.3 Å². The zero-order valence-electron chi connectivity index (χ0n) is 20.2. The van der Waals surface area contributed by atoms with Gasteiger partial charge in [-0.25, -0.2) is 17.8 Å². The molecule has 1 aromatic heterocycles. The summed E-state index contributed by atoms with van der Waals surface area (Å²) >= 11 is 0. The topological polar surface area (TPSA) is 110 Å². The molecule has 10 heteroatoms. The number of benzene rings is 3. The molecule has 4 aromatic rings. The highest BCUT2D eigenvalue weighted by atomic mass is 32.2. The van der Waals surface area contributed by atoms with Crippen LogP contribution >= 0.6 is 0 Å². The van der Waals surface area contributed by atoms with Crippen molar-refractivity contribution in [3.63, 3.8) is 0 Å². The van der Waals surface area contributed by atoms with Crippen molar-refractivity contribution in [1.29, 1.82) is 0 Å². The van der Waals surface area contributed by atoms with E-state index in [2.05, 4.69) is 20.0 Å². The van der Waals surface area contributed by atoms with Crippen LogP contribution in [0.15, 0.2) is 79.0 Å². The molecule has 4 rings (SSSR count). The number of nitrogens with one attached hydrogen (secondary N) is 2. The van der Waals surface area contributed by atoms with Gasteiger partial charge in [0.15, 0.2) is 5.82 Å². The van der Waals surface area contributed by atoms with Crippen LogP contribution in [0.3, 0.4) is 0 Å². The van der Waals surface area contributed by atoms with Gasteiger partial charge in [0.1, 0.15) is 5.82 Å². The van der Waals surface area contributed by atoms with E-state index >= 15 is 0 Å². The lowest BCUT2D eigenvalue weighted by atomic mass is 10.1. The number of hydrogen-bond acceptors (Lipinski definition) is 6. The number of halogens is 1. The molecule has 0 saturated carbocycles. The lowest BCUT2D eigenvalue weighted by Gasteiger charge is -2.11. The van der Waals surface area contributed by atoms with Crippen molar-refractivity contribution in [3.8, 4) is 11.3 Å². The Morgan fingerprint density at radius 1 is 0.973 bits per heavy atom. The van der Waals surface area contributed by atoms with E-state index in [4.69, 9.17) is 4.74 Å². The summed E-state index contributed by atoms with van der Waals surface area (Å²) < 4.78 is 45.9. The van der Waals surface area contributed by atoms with Crippen LogP contribution in [0.1, 0.15) is 27.2 Å². The van der Waals surface area contributed by atoms with Crippen LogP contribution in [0.5, 0.6) is 0 Å². The van der Waals surface area contributed by atoms with Gasteiger partial charge in [0, 0.05) is 11.1 Å². The lowest BCUT2D eigenvalue weighted by Crippen LogP contribution is -2.14. The van der Waals surface area contributed by atoms with E-state index < -0.39 is 21.7 Å². The zero-order chi connectivity index (χ0) is 26.4. The van der Waals surface area contributed by atoms with Gasteiger partial charge in [-0.05, 0) is 42.3 Å². The second kappa shape index (κ2) is 11.3. The summed E-state index contributed by atoms with van der Waals surface area (Å²) in [6.07, 6.45) is 2.51. The average molecular weight is 521 g/mol. The molecule has 0 radical (unpaired) electrons. The molecule has 0 atom stereocenters. The second-order valence-corrected chi connectivity index (χ2v) is 10.1. The third kappa shape index (κ3) is 7.18. The maximum atomic E-state index is 14.7. The number of amides is 1. The van der Waals surface area contributed by atoms with Gasteiger partial charge < -0.3 is 10.1 Å². The minimum atomic E-state index is -3.54. The van der Waals surface area contributed by atoms with Crippen LogP contribution in [0, 0.1) is 12.7 Å². The van der Waals surface area contributed by atoms with E-state index in [9.17, 15) is 17.6 Å². The summed E-state index contributed by atoms with van der Waals surface area (Å²) in [5, 5.41) is 2.58. The maximum absolute atomic E-state index is 14.7. The molecule has 8 nitrogen and oxygen atoms in total. The van der Waals surface area contributed by atoms with Crippen LogP contribution < -0.4 is 10.0 Å². The third-order valence-corrected chi connectivity index (χ3v) is 5.88. The third-order valence-electron chi connectivity index (χ3n) is 5.32. The highest BCUT2D eigenvalue weighted by Gasteiger charge is 2.14. The molecule has 0 aliphatic rings. The van der Waals surface area contributed by atoms with E-state index in [1.807, 2.05) is 30.3 Å². The first-order valence-electron chi connectivity index (χ1n) is 11.3. The Bertz CT molecular complexity index is 1530. The number of nitrogens with zero attached hydrogens (tertiary/aromatic N) is 2. The molecule has 0 unspecified atom stereocenters. The molecule has 0 spiro atoms. The molecule has 0 aliphatic heterocycles. The minimum absolute atomic E-state index is 0.0389. The summed E-state index contributed by atoms with van der Waals surface area (Å²) in [5.74, 6) is -0.987. The molecule has 1 amide bonds. The number of anilines is 2. The van der Waals surface area contributed by atoms with Crippen molar-refractivity contribution in [1.82, 2.24) is 9.97 Å². The van der Waals surface area contributed by atoms with Crippen LogP contribution in [-0.4, -0.2) is 30.5 Å². The Labute approximate surface area is 214 Å². The highest BCUT2D eigenvalue weighted by molar-refractivity contribution is 7.92. The fraction of sp³-hybridized carbons (Fsp3) is 0.148. The molecule has 2 N–H and O–H groups in total. The predicted octanol–water partition coefficient (Wildman–Crippen LogP) is 4.93. The van der Waals surface area contributed by atoms with Gasteiger partial charge >= 0.3 is 0 Å². The van der Waals surface area contributed by atoms with Gasteiger partial charge in [0.05, 0.1) is 42.7 Å². The van der Waals surface area contributed by atoms with E-state index in [-0.39, 0.29) is 23.7 Å². The van der Waals surface area contributed by atoms with Gasteiger partial charge in [-0.15, -0.1) is 0 Å². The lowest BCUT2D eigenvalue weighted by molar-refractivity contribution is 0.102. The van der Waals surface area contributed by atoms with Gasteiger partial charge in [0.2, 0.25) is 10.0 Å². The maximum Gasteiger partial charge on any atom is 0.255 e. The number of rotatable bonds is 9. The molecule has 1 heterocycles. The Morgan fingerprint density at radius 3 is 2.46 bits per heavy atom. The highest BCUT2D eigenvalue weighted by Crippen LogP contribution is 2.23. The monoisotopic (exact) mass is 520 g/mol. The Morgan fingerprint density at radius 2 is 1.73 bits per heavy atom. The van der Waals surface area contributed by atoms with E-state index in [0.717, 1.165) is 11.8 Å². The van der Waals surface area contributed by atoms with Crippen molar-refractivity contribution < 1.29 is 22.3 Å². The number of carbonyl (C=O) groups excluding carboxylic acids is 1. The number of aromatic nitrogens is 2. The van der Waals surface area contributed by atoms with E-state index in [1.54, 1.807) is 37.3 Å². The van der Waals surface area contributed by atoms with Crippen LogP contribution in [0.2, 0.25) is 0 Å². The average Bonchev–Trinajstić information content (AvgIpc) is 2.87. The fourth-order valence-corrected chi connectivity index (χ4v) is 4.03. The predicted molar refractivity (Wildman–Crippen MR) is 140 cm³/mol. The SMILES string of the molecule is Cc1ncc(-c2cccc(C(=O)Nc3ccc(COCc4ccccc4)cc3F)c2)nc1NS(C)(=O)=O. The molecule has 37 heavy (non-hydrogen) atoms. The normalized spacial score (nSPS) is 11.2. The Hall–Kier alpha value is -4.15. The molecule has 3 aromatic carbocycles. The summed E-state index contributed by atoms with van der Waals surface area (Å²) in [5.41, 5.74) is 3.30. The van der Waals surface area contributed by atoms with Gasteiger partial charge in [-0.1, -0.05) is 48.5 Å². The molecular formula is C27H25FN4O4S. The van der Waals surface area contributed by atoms with Crippen molar-refractivity contribution in [2.24, 2.45) is 0 Å². The smallest absolute Gasteiger partial charge is 0.255 e. The van der Waals surface area contributed by atoms with Crippen LogP contribution in [-0.2, 0) is 28.0 Å².